The van der Waals surface area contributed by atoms with E-state index in [-0.39, 0.29) is 17.6 Å². The Morgan fingerprint density at radius 3 is 2.26 bits per heavy atom. The van der Waals surface area contributed by atoms with E-state index in [4.69, 9.17) is 11.6 Å². The molecule has 0 saturated carbocycles. The van der Waals surface area contributed by atoms with Gasteiger partial charge in [-0.05, 0) is 75.1 Å². The van der Waals surface area contributed by atoms with E-state index in [9.17, 15) is 9.18 Å². The Labute approximate surface area is 189 Å². The zero-order chi connectivity index (χ0) is 21.6. The van der Waals surface area contributed by atoms with Crippen LogP contribution in [0.1, 0.15) is 42.4 Å². The van der Waals surface area contributed by atoms with Gasteiger partial charge in [-0.1, -0.05) is 41.9 Å². The molecular formula is C25H31ClFN3O. The first kappa shape index (κ1) is 22.3. The summed E-state index contributed by atoms with van der Waals surface area (Å²) in [5.41, 5.74) is 3.12. The molecule has 2 aliphatic rings. The lowest BCUT2D eigenvalue weighted by Crippen LogP contribution is -2.40. The van der Waals surface area contributed by atoms with Crippen LogP contribution in [-0.4, -0.2) is 41.9 Å². The number of benzene rings is 2. The van der Waals surface area contributed by atoms with E-state index in [2.05, 4.69) is 39.4 Å². The molecule has 2 saturated heterocycles. The fraction of sp³-hybridized carbons (Fsp3) is 0.480. The predicted octanol–water partition coefficient (Wildman–Crippen LogP) is 4.60. The molecule has 0 bridgehead atoms. The quantitative estimate of drug-likeness (QED) is 0.679. The molecule has 166 valence electrons. The van der Waals surface area contributed by atoms with Crippen molar-refractivity contribution in [1.82, 2.24) is 15.1 Å². The second-order valence-corrected chi connectivity index (χ2v) is 9.24. The molecule has 0 spiro atoms. The first-order chi connectivity index (χ1) is 15.1. The highest BCUT2D eigenvalue weighted by atomic mass is 35.5. The Morgan fingerprint density at radius 2 is 1.58 bits per heavy atom. The molecule has 1 amide bonds. The maximum absolute atomic E-state index is 14.0. The summed E-state index contributed by atoms with van der Waals surface area (Å²) in [5.74, 6) is -0.113. The molecule has 2 fully saturated rings. The lowest BCUT2D eigenvalue weighted by atomic mass is 9.95. The number of amides is 1. The second kappa shape index (κ2) is 10.6. The molecule has 2 aromatic carbocycles. The van der Waals surface area contributed by atoms with Crippen LogP contribution >= 0.6 is 11.6 Å². The molecule has 4 nitrogen and oxygen atoms in total. The molecule has 2 aliphatic heterocycles. The largest absolute Gasteiger partial charge is 0.352 e. The molecule has 0 atom stereocenters. The molecule has 31 heavy (non-hydrogen) atoms. The number of carbonyl (C=O) groups is 1. The third-order valence-corrected chi connectivity index (χ3v) is 6.70. The SMILES string of the molecule is O=C(NCc1ccc(CN2CCCC2)cc1)C1CCN(Cc2ccc(Cl)cc2F)CC1. The summed E-state index contributed by atoms with van der Waals surface area (Å²) in [6.07, 6.45) is 4.22. The third-order valence-electron chi connectivity index (χ3n) is 6.46. The van der Waals surface area contributed by atoms with Gasteiger partial charge in [0.2, 0.25) is 5.91 Å². The first-order valence-corrected chi connectivity index (χ1v) is 11.7. The standard InChI is InChI=1S/C25H31ClFN3O/c26-23-8-7-22(24(27)15-23)18-30-13-9-21(10-14-30)25(31)28-16-19-3-5-20(6-4-19)17-29-11-1-2-12-29/h3-8,15,21H,1-2,9-14,16-18H2,(H,28,31). The minimum atomic E-state index is -0.265. The van der Waals surface area contributed by atoms with Gasteiger partial charge in [0.15, 0.2) is 0 Å². The van der Waals surface area contributed by atoms with Gasteiger partial charge in [0.05, 0.1) is 0 Å². The van der Waals surface area contributed by atoms with Gasteiger partial charge < -0.3 is 5.32 Å². The monoisotopic (exact) mass is 443 g/mol. The highest BCUT2D eigenvalue weighted by Crippen LogP contribution is 2.22. The zero-order valence-electron chi connectivity index (χ0n) is 18.0. The fourth-order valence-corrected chi connectivity index (χ4v) is 4.70. The molecule has 2 aromatic rings. The number of rotatable bonds is 7. The summed E-state index contributed by atoms with van der Waals surface area (Å²) < 4.78 is 14.0. The van der Waals surface area contributed by atoms with Gasteiger partial charge in [-0.3, -0.25) is 14.6 Å². The van der Waals surface area contributed by atoms with Crippen LogP contribution in [0.2, 0.25) is 5.02 Å². The van der Waals surface area contributed by atoms with Crippen molar-refractivity contribution in [3.05, 3.63) is 70.0 Å². The Kier molecular flexibility index (Phi) is 7.59. The van der Waals surface area contributed by atoms with E-state index in [1.807, 2.05) is 0 Å². The van der Waals surface area contributed by atoms with Gasteiger partial charge in [0.25, 0.3) is 0 Å². The van der Waals surface area contributed by atoms with Crippen molar-refractivity contribution in [3.8, 4) is 0 Å². The van der Waals surface area contributed by atoms with Crippen molar-refractivity contribution in [2.75, 3.05) is 26.2 Å². The van der Waals surface area contributed by atoms with Crippen molar-refractivity contribution in [3.63, 3.8) is 0 Å². The third kappa shape index (κ3) is 6.28. The summed E-state index contributed by atoms with van der Waals surface area (Å²) in [7, 11) is 0. The van der Waals surface area contributed by atoms with Gasteiger partial charge in [-0.25, -0.2) is 4.39 Å². The number of likely N-dealkylation sites (tertiary alicyclic amines) is 2. The smallest absolute Gasteiger partial charge is 0.223 e. The van der Waals surface area contributed by atoms with Crippen LogP contribution in [0, 0.1) is 11.7 Å². The van der Waals surface area contributed by atoms with E-state index < -0.39 is 0 Å². The summed E-state index contributed by atoms with van der Waals surface area (Å²) in [6, 6.07) is 13.4. The number of nitrogens with zero attached hydrogens (tertiary/aromatic N) is 2. The number of hydrogen-bond acceptors (Lipinski definition) is 3. The van der Waals surface area contributed by atoms with Crippen LogP contribution in [0.15, 0.2) is 42.5 Å². The molecule has 0 unspecified atom stereocenters. The minimum absolute atomic E-state index is 0.0285. The van der Waals surface area contributed by atoms with Crippen LogP contribution in [0.4, 0.5) is 4.39 Å². The molecule has 0 aromatic heterocycles. The summed E-state index contributed by atoms with van der Waals surface area (Å²) in [6.45, 7) is 6.14. The van der Waals surface area contributed by atoms with E-state index in [0.717, 1.165) is 38.0 Å². The van der Waals surface area contributed by atoms with Crippen LogP contribution in [-0.2, 0) is 24.4 Å². The second-order valence-electron chi connectivity index (χ2n) is 8.80. The Morgan fingerprint density at radius 1 is 0.935 bits per heavy atom. The summed E-state index contributed by atoms with van der Waals surface area (Å²) >= 11 is 5.83. The molecule has 6 heteroatoms. The van der Waals surface area contributed by atoms with Crippen LogP contribution in [0.3, 0.4) is 0 Å². The predicted molar refractivity (Wildman–Crippen MR) is 122 cm³/mol. The fourth-order valence-electron chi connectivity index (χ4n) is 4.54. The van der Waals surface area contributed by atoms with Crippen LogP contribution in [0.25, 0.3) is 0 Å². The number of carbonyl (C=O) groups excluding carboxylic acids is 1. The first-order valence-electron chi connectivity index (χ1n) is 11.3. The minimum Gasteiger partial charge on any atom is -0.352 e. The number of piperidine rings is 1. The number of nitrogens with one attached hydrogen (secondary N) is 1. The molecule has 2 heterocycles. The maximum Gasteiger partial charge on any atom is 0.223 e. The van der Waals surface area contributed by atoms with Gasteiger partial charge in [0, 0.05) is 36.1 Å². The van der Waals surface area contributed by atoms with Crippen LogP contribution in [0.5, 0.6) is 0 Å². The van der Waals surface area contributed by atoms with E-state index in [1.165, 1.54) is 37.6 Å². The molecule has 4 rings (SSSR count). The summed E-state index contributed by atoms with van der Waals surface area (Å²) in [4.78, 5) is 17.3. The maximum atomic E-state index is 14.0. The lowest BCUT2D eigenvalue weighted by molar-refractivity contribution is -0.126. The zero-order valence-corrected chi connectivity index (χ0v) is 18.7. The average Bonchev–Trinajstić information content (AvgIpc) is 3.28. The van der Waals surface area contributed by atoms with Crippen molar-refractivity contribution in [2.45, 2.75) is 45.3 Å². The van der Waals surface area contributed by atoms with Gasteiger partial charge >= 0.3 is 0 Å². The normalized spacial score (nSPS) is 18.4. The average molecular weight is 444 g/mol. The number of hydrogen-bond donors (Lipinski definition) is 1. The molecule has 1 N–H and O–H groups in total. The Hall–Kier alpha value is -1.95. The van der Waals surface area contributed by atoms with Crippen LogP contribution < -0.4 is 5.32 Å². The topological polar surface area (TPSA) is 35.6 Å². The highest BCUT2D eigenvalue weighted by molar-refractivity contribution is 6.30. The lowest BCUT2D eigenvalue weighted by Gasteiger charge is -2.31. The van der Waals surface area contributed by atoms with Gasteiger partial charge in [0.1, 0.15) is 5.82 Å². The van der Waals surface area contributed by atoms with E-state index >= 15 is 0 Å². The summed E-state index contributed by atoms with van der Waals surface area (Å²) in [5, 5.41) is 3.51. The number of halogens is 2. The molecule has 0 radical (unpaired) electrons. The Balaban J connectivity index is 1.19. The van der Waals surface area contributed by atoms with E-state index in [0.29, 0.717) is 23.7 Å². The van der Waals surface area contributed by atoms with Gasteiger partial charge in [-0.15, -0.1) is 0 Å². The van der Waals surface area contributed by atoms with Crippen molar-refractivity contribution in [1.29, 1.82) is 0 Å². The Bertz CT molecular complexity index is 875. The van der Waals surface area contributed by atoms with Gasteiger partial charge in [-0.2, -0.15) is 0 Å². The van der Waals surface area contributed by atoms with Crippen molar-refractivity contribution < 1.29 is 9.18 Å². The van der Waals surface area contributed by atoms with Crippen molar-refractivity contribution in [2.24, 2.45) is 5.92 Å². The van der Waals surface area contributed by atoms with Crippen molar-refractivity contribution >= 4 is 17.5 Å². The van der Waals surface area contributed by atoms with E-state index in [1.54, 1.807) is 12.1 Å². The molecule has 0 aliphatic carbocycles. The highest BCUT2D eigenvalue weighted by Gasteiger charge is 2.25. The molecular weight excluding hydrogens is 413 g/mol.